The zero-order chi connectivity index (χ0) is 23.6. The maximum absolute atomic E-state index is 13.5. The number of rotatable bonds is 13. The molecule has 0 bridgehead atoms. The molecule has 2 aromatic carbocycles. The van der Waals surface area contributed by atoms with Gasteiger partial charge >= 0.3 is 0 Å². The zero-order valence-electron chi connectivity index (χ0n) is 19.1. The van der Waals surface area contributed by atoms with Crippen LogP contribution in [0.25, 0.3) is 0 Å². The second-order valence-corrected chi connectivity index (χ2v) is 8.87. The van der Waals surface area contributed by atoms with Gasteiger partial charge in [0.05, 0.1) is 31.4 Å². The first-order valence-electron chi connectivity index (χ1n) is 10.6. The normalized spacial score (nSPS) is 11.0. The van der Waals surface area contributed by atoms with Gasteiger partial charge in [0.1, 0.15) is 12.3 Å². The Hall–Kier alpha value is -2.94. The minimum absolute atomic E-state index is 0.0113. The van der Waals surface area contributed by atoms with Crippen molar-refractivity contribution >= 4 is 21.6 Å². The fraction of sp³-hybridized carbons (Fsp3) is 0.435. The molecule has 0 aliphatic carbocycles. The van der Waals surface area contributed by atoms with Crippen LogP contribution in [0, 0.1) is 0 Å². The summed E-state index contributed by atoms with van der Waals surface area (Å²) in [4.78, 5) is 12.6. The summed E-state index contributed by atoms with van der Waals surface area (Å²) < 4.78 is 44.1. The van der Waals surface area contributed by atoms with Crippen molar-refractivity contribution in [3.63, 3.8) is 0 Å². The van der Waals surface area contributed by atoms with Crippen molar-refractivity contribution in [1.82, 2.24) is 5.32 Å². The molecule has 0 saturated carbocycles. The summed E-state index contributed by atoms with van der Waals surface area (Å²) in [7, 11) is -1.16. The van der Waals surface area contributed by atoms with E-state index < -0.39 is 10.0 Å². The van der Waals surface area contributed by atoms with E-state index in [0.29, 0.717) is 30.3 Å². The summed E-state index contributed by atoms with van der Waals surface area (Å²) in [6, 6.07) is 10.9. The summed E-state index contributed by atoms with van der Waals surface area (Å²) in [5, 5.41) is 2.80. The van der Waals surface area contributed by atoms with Crippen LogP contribution in [-0.4, -0.2) is 48.2 Å². The van der Waals surface area contributed by atoms with E-state index in [9.17, 15) is 13.2 Å². The molecule has 1 N–H and O–H groups in total. The molecule has 0 aliphatic heterocycles. The fourth-order valence-corrected chi connectivity index (χ4v) is 4.52. The van der Waals surface area contributed by atoms with Crippen LogP contribution >= 0.6 is 0 Å². The Labute approximate surface area is 190 Å². The third-order valence-electron chi connectivity index (χ3n) is 4.77. The lowest BCUT2D eigenvalue weighted by molar-refractivity contribution is -0.119. The second-order valence-electron chi connectivity index (χ2n) is 7.01. The van der Waals surface area contributed by atoms with E-state index in [1.807, 2.05) is 6.92 Å². The van der Waals surface area contributed by atoms with E-state index in [0.717, 1.165) is 23.6 Å². The number of anilines is 1. The number of ether oxygens (including phenoxy) is 3. The molecule has 32 heavy (non-hydrogen) atoms. The Morgan fingerprint density at radius 2 is 1.66 bits per heavy atom. The number of hydrogen-bond acceptors (Lipinski definition) is 6. The fourth-order valence-electron chi connectivity index (χ4n) is 3.08. The van der Waals surface area contributed by atoms with Crippen molar-refractivity contribution in [3.05, 3.63) is 42.5 Å². The summed E-state index contributed by atoms with van der Waals surface area (Å²) in [5.74, 6) is 0.930. The van der Waals surface area contributed by atoms with E-state index in [1.54, 1.807) is 24.3 Å². The van der Waals surface area contributed by atoms with Crippen LogP contribution in [0.3, 0.4) is 0 Å². The Bertz CT molecular complexity index is 976. The molecule has 9 heteroatoms. The highest BCUT2D eigenvalue weighted by Crippen LogP contribution is 2.32. The standard InChI is InChI=1S/C23H32N2O6S/c1-5-7-8-15-24-23(26)17-25(18-9-11-19(12-10-18)31-6-2)32(27,28)20-13-14-21(29-3)22(16-20)30-4/h9-14,16H,5-8,15,17H2,1-4H3,(H,24,26). The lowest BCUT2D eigenvalue weighted by atomic mass is 10.2. The van der Waals surface area contributed by atoms with Gasteiger partial charge in [-0.2, -0.15) is 0 Å². The van der Waals surface area contributed by atoms with Gasteiger partial charge in [0.2, 0.25) is 5.91 Å². The summed E-state index contributed by atoms with van der Waals surface area (Å²) in [6.45, 7) is 4.58. The highest BCUT2D eigenvalue weighted by molar-refractivity contribution is 7.92. The third-order valence-corrected chi connectivity index (χ3v) is 6.54. The first kappa shape index (κ1) is 25.3. The van der Waals surface area contributed by atoms with Crippen LogP contribution in [0.4, 0.5) is 5.69 Å². The molecule has 0 aromatic heterocycles. The van der Waals surface area contributed by atoms with Gasteiger partial charge in [-0.25, -0.2) is 8.42 Å². The number of sulfonamides is 1. The maximum atomic E-state index is 13.5. The smallest absolute Gasteiger partial charge is 0.264 e. The Morgan fingerprint density at radius 1 is 0.969 bits per heavy atom. The van der Waals surface area contributed by atoms with Crippen molar-refractivity contribution in [2.75, 3.05) is 38.2 Å². The average Bonchev–Trinajstić information content (AvgIpc) is 2.80. The number of nitrogens with one attached hydrogen (secondary N) is 1. The van der Waals surface area contributed by atoms with E-state index in [2.05, 4.69) is 12.2 Å². The monoisotopic (exact) mass is 464 g/mol. The Kier molecular flexibility index (Phi) is 9.64. The maximum Gasteiger partial charge on any atom is 0.264 e. The molecular formula is C23H32N2O6S. The van der Waals surface area contributed by atoms with Crippen LogP contribution in [-0.2, 0) is 14.8 Å². The molecule has 0 fully saturated rings. The third kappa shape index (κ3) is 6.53. The number of benzene rings is 2. The lowest BCUT2D eigenvalue weighted by Crippen LogP contribution is -2.41. The number of carbonyl (C=O) groups excluding carboxylic acids is 1. The zero-order valence-corrected chi connectivity index (χ0v) is 19.9. The Morgan fingerprint density at radius 3 is 2.25 bits per heavy atom. The van der Waals surface area contributed by atoms with Gasteiger partial charge in [-0.15, -0.1) is 0 Å². The molecule has 176 valence electrons. The first-order chi connectivity index (χ1) is 15.4. The molecule has 0 spiro atoms. The van der Waals surface area contributed by atoms with Gasteiger partial charge in [0.15, 0.2) is 11.5 Å². The van der Waals surface area contributed by atoms with Gasteiger partial charge in [-0.1, -0.05) is 19.8 Å². The van der Waals surface area contributed by atoms with Crippen molar-refractivity contribution in [2.45, 2.75) is 38.0 Å². The van der Waals surface area contributed by atoms with Crippen LogP contribution in [0.15, 0.2) is 47.4 Å². The molecule has 1 amide bonds. The lowest BCUT2D eigenvalue weighted by Gasteiger charge is -2.24. The van der Waals surface area contributed by atoms with E-state index in [1.165, 1.54) is 32.4 Å². The predicted molar refractivity (Wildman–Crippen MR) is 124 cm³/mol. The quantitative estimate of drug-likeness (QED) is 0.455. The van der Waals surface area contributed by atoms with Crippen LogP contribution in [0.2, 0.25) is 0 Å². The molecule has 0 unspecified atom stereocenters. The highest BCUT2D eigenvalue weighted by Gasteiger charge is 2.28. The van der Waals surface area contributed by atoms with Crippen molar-refractivity contribution in [1.29, 1.82) is 0 Å². The molecule has 0 atom stereocenters. The number of hydrogen-bond donors (Lipinski definition) is 1. The van der Waals surface area contributed by atoms with Crippen LogP contribution in [0.5, 0.6) is 17.2 Å². The average molecular weight is 465 g/mol. The number of carbonyl (C=O) groups is 1. The van der Waals surface area contributed by atoms with Gasteiger partial charge in [0.25, 0.3) is 10.0 Å². The number of unbranched alkanes of at least 4 members (excludes halogenated alkanes) is 2. The minimum atomic E-state index is -4.07. The van der Waals surface area contributed by atoms with Crippen molar-refractivity contribution in [3.8, 4) is 17.2 Å². The minimum Gasteiger partial charge on any atom is -0.494 e. The summed E-state index contributed by atoms with van der Waals surface area (Å²) in [5.41, 5.74) is 0.354. The van der Waals surface area contributed by atoms with Crippen LogP contribution in [0.1, 0.15) is 33.1 Å². The van der Waals surface area contributed by atoms with E-state index >= 15 is 0 Å². The van der Waals surface area contributed by atoms with Gasteiger partial charge < -0.3 is 19.5 Å². The second kappa shape index (κ2) is 12.2. The molecular weight excluding hydrogens is 432 g/mol. The van der Waals surface area contributed by atoms with Crippen LogP contribution < -0.4 is 23.8 Å². The topological polar surface area (TPSA) is 94.2 Å². The summed E-state index contributed by atoms with van der Waals surface area (Å²) in [6.07, 6.45) is 2.86. The first-order valence-corrected chi connectivity index (χ1v) is 12.1. The molecule has 0 saturated heterocycles. The molecule has 8 nitrogen and oxygen atoms in total. The number of methoxy groups -OCH3 is 2. The molecule has 0 heterocycles. The van der Waals surface area contributed by atoms with Crippen molar-refractivity contribution < 1.29 is 27.4 Å². The number of amides is 1. The van der Waals surface area contributed by atoms with Gasteiger partial charge in [-0.05, 0) is 49.7 Å². The highest BCUT2D eigenvalue weighted by atomic mass is 32.2. The molecule has 2 aromatic rings. The molecule has 0 aliphatic rings. The number of nitrogens with zero attached hydrogens (tertiary/aromatic N) is 1. The Balaban J connectivity index is 2.38. The SMILES string of the molecule is CCCCCNC(=O)CN(c1ccc(OCC)cc1)S(=O)(=O)c1ccc(OC)c(OC)c1. The molecule has 2 rings (SSSR count). The van der Waals surface area contributed by atoms with Crippen molar-refractivity contribution in [2.24, 2.45) is 0 Å². The van der Waals surface area contributed by atoms with Gasteiger partial charge in [0, 0.05) is 12.6 Å². The van der Waals surface area contributed by atoms with E-state index in [-0.39, 0.29) is 23.1 Å². The summed E-state index contributed by atoms with van der Waals surface area (Å²) >= 11 is 0. The van der Waals surface area contributed by atoms with Gasteiger partial charge in [-0.3, -0.25) is 9.10 Å². The largest absolute Gasteiger partial charge is 0.494 e. The van der Waals surface area contributed by atoms with E-state index in [4.69, 9.17) is 14.2 Å². The predicted octanol–water partition coefficient (Wildman–Crippen LogP) is 3.60. The molecule has 0 radical (unpaired) electrons.